The van der Waals surface area contributed by atoms with Crippen molar-refractivity contribution in [3.8, 4) is 5.69 Å². The Labute approximate surface area is 134 Å². The Bertz CT molecular complexity index is 841. The molecule has 0 spiro atoms. The van der Waals surface area contributed by atoms with E-state index in [1.165, 1.54) is 0 Å². The van der Waals surface area contributed by atoms with Crippen LogP contribution < -0.4 is 16.0 Å². The lowest BCUT2D eigenvalue weighted by molar-refractivity contribution is 0.597. The monoisotopic (exact) mass is 306 g/mol. The summed E-state index contributed by atoms with van der Waals surface area (Å²) in [5, 5.41) is 18.4. The lowest BCUT2D eigenvalue weighted by Gasteiger charge is -2.38. The van der Waals surface area contributed by atoms with Crippen molar-refractivity contribution in [1.29, 1.82) is 0 Å². The molecule has 3 aromatic rings. The van der Waals surface area contributed by atoms with E-state index in [-0.39, 0.29) is 0 Å². The number of fused-ring (bicyclic) bond motifs is 3. The summed E-state index contributed by atoms with van der Waals surface area (Å²) in [5.41, 5.74) is 3.80. The molecule has 0 radical (unpaired) electrons. The van der Waals surface area contributed by atoms with Crippen molar-refractivity contribution >= 4 is 17.3 Å². The van der Waals surface area contributed by atoms with Gasteiger partial charge in [-0.25, -0.2) is 0 Å². The van der Waals surface area contributed by atoms with E-state index in [2.05, 4.69) is 51.3 Å². The largest absolute Gasteiger partial charge is 0.388 e. The number of aromatic nitrogens is 3. The van der Waals surface area contributed by atoms with Gasteiger partial charge >= 0.3 is 0 Å². The topological polar surface area (TPSA) is 66.8 Å². The van der Waals surface area contributed by atoms with Crippen LogP contribution in [0.1, 0.15) is 12.5 Å². The summed E-state index contributed by atoms with van der Waals surface area (Å²) in [6.07, 6.45) is 1.72. The summed E-state index contributed by atoms with van der Waals surface area (Å²) < 4.78 is 1.96. The second kappa shape index (κ2) is 5.01. The van der Waals surface area contributed by atoms with Crippen LogP contribution in [0.3, 0.4) is 0 Å². The predicted octanol–water partition coefficient (Wildman–Crippen LogP) is 3.02. The van der Waals surface area contributed by atoms with Crippen molar-refractivity contribution < 1.29 is 0 Å². The molecule has 1 aliphatic rings. The van der Waals surface area contributed by atoms with Gasteiger partial charge in [0.1, 0.15) is 12.0 Å². The Morgan fingerprint density at radius 1 is 1.09 bits per heavy atom. The van der Waals surface area contributed by atoms with Crippen molar-refractivity contribution in [1.82, 2.24) is 14.8 Å². The molecular formula is C17H18N6. The number of rotatable bonds is 3. The molecular weight excluding hydrogens is 288 g/mol. The summed E-state index contributed by atoms with van der Waals surface area (Å²) in [4.78, 5) is 0. The highest BCUT2D eigenvalue weighted by molar-refractivity contribution is 5.65. The molecule has 0 saturated heterocycles. The molecule has 0 aliphatic carbocycles. The van der Waals surface area contributed by atoms with Gasteiger partial charge in [-0.1, -0.05) is 24.3 Å². The highest BCUT2D eigenvalue weighted by Gasteiger charge is 2.35. The number of hydrogen-bond acceptors (Lipinski definition) is 5. The minimum Gasteiger partial charge on any atom is -0.388 e. The summed E-state index contributed by atoms with van der Waals surface area (Å²) >= 11 is 0. The lowest BCUT2D eigenvalue weighted by Crippen LogP contribution is -2.44. The molecule has 2 heterocycles. The molecule has 6 heteroatoms. The van der Waals surface area contributed by atoms with E-state index < -0.39 is 5.66 Å². The summed E-state index contributed by atoms with van der Waals surface area (Å²) in [6.45, 7) is 2.11. The Kier molecular flexibility index (Phi) is 2.97. The fourth-order valence-corrected chi connectivity index (χ4v) is 3.01. The molecule has 4 rings (SSSR count). The van der Waals surface area contributed by atoms with Gasteiger partial charge in [0, 0.05) is 24.0 Å². The van der Waals surface area contributed by atoms with Crippen molar-refractivity contribution in [3.05, 3.63) is 60.4 Å². The minimum atomic E-state index is -0.480. The zero-order chi connectivity index (χ0) is 15.9. The first kappa shape index (κ1) is 13.6. The van der Waals surface area contributed by atoms with E-state index >= 15 is 0 Å². The van der Waals surface area contributed by atoms with Crippen LogP contribution in [0.2, 0.25) is 0 Å². The van der Waals surface area contributed by atoms with Gasteiger partial charge in [-0.3, -0.25) is 4.57 Å². The van der Waals surface area contributed by atoms with Gasteiger partial charge in [0.05, 0.1) is 5.69 Å². The minimum absolute atomic E-state index is 0.480. The zero-order valence-corrected chi connectivity index (χ0v) is 13.0. The fourth-order valence-electron chi connectivity index (χ4n) is 3.01. The average molecular weight is 306 g/mol. The van der Waals surface area contributed by atoms with Gasteiger partial charge in [-0.05, 0) is 31.2 Å². The second-order valence-corrected chi connectivity index (χ2v) is 5.75. The molecule has 6 nitrogen and oxygen atoms in total. The molecule has 0 amide bonds. The molecule has 0 bridgehead atoms. The number of hydrogen-bond donors (Lipinski definition) is 3. The summed E-state index contributed by atoms with van der Waals surface area (Å²) in [5.74, 6) is 0.719. The Morgan fingerprint density at radius 2 is 1.91 bits per heavy atom. The average Bonchev–Trinajstić information content (AvgIpc) is 3.03. The molecule has 2 aromatic carbocycles. The molecule has 1 aliphatic heterocycles. The Balaban J connectivity index is 1.84. The van der Waals surface area contributed by atoms with Gasteiger partial charge in [0.25, 0.3) is 0 Å². The van der Waals surface area contributed by atoms with Crippen LogP contribution in [0.15, 0.2) is 54.9 Å². The van der Waals surface area contributed by atoms with Crippen LogP contribution >= 0.6 is 0 Å². The fraction of sp³-hybridized carbons (Fsp3) is 0.176. The Hall–Kier alpha value is -3.02. The first-order valence-corrected chi connectivity index (χ1v) is 7.54. The van der Waals surface area contributed by atoms with Crippen molar-refractivity contribution in [2.45, 2.75) is 12.6 Å². The van der Waals surface area contributed by atoms with Gasteiger partial charge in [-0.15, -0.1) is 10.2 Å². The SMILES string of the molecule is CNc1ccc2c(c1)-n1cnnc1NC2(C)Nc1ccccc1. The first-order chi connectivity index (χ1) is 11.2. The summed E-state index contributed by atoms with van der Waals surface area (Å²) in [6, 6.07) is 16.4. The molecule has 1 unspecified atom stereocenters. The summed E-state index contributed by atoms with van der Waals surface area (Å²) in [7, 11) is 1.91. The third-order valence-corrected chi connectivity index (χ3v) is 4.16. The van der Waals surface area contributed by atoms with Gasteiger partial charge < -0.3 is 16.0 Å². The number of benzene rings is 2. The van der Waals surface area contributed by atoms with E-state index in [1.807, 2.05) is 41.9 Å². The molecule has 0 saturated carbocycles. The highest BCUT2D eigenvalue weighted by Crippen LogP contribution is 2.37. The molecule has 3 N–H and O–H groups in total. The van der Waals surface area contributed by atoms with Crippen LogP contribution in [0.25, 0.3) is 5.69 Å². The van der Waals surface area contributed by atoms with E-state index in [4.69, 9.17) is 0 Å². The third kappa shape index (κ3) is 2.19. The van der Waals surface area contributed by atoms with Crippen molar-refractivity contribution in [2.75, 3.05) is 23.0 Å². The van der Waals surface area contributed by atoms with Gasteiger partial charge in [0.15, 0.2) is 0 Å². The molecule has 116 valence electrons. The van der Waals surface area contributed by atoms with Crippen LogP contribution in [-0.2, 0) is 5.66 Å². The zero-order valence-electron chi connectivity index (χ0n) is 13.0. The maximum Gasteiger partial charge on any atom is 0.231 e. The van der Waals surface area contributed by atoms with Crippen LogP contribution in [0.4, 0.5) is 17.3 Å². The van der Waals surface area contributed by atoms with Crippen molar-refractivity contribution in [2.24, 2.45) is 0 Å². The van der Waals surface area contributed by atoms with E-state index in [9.17, 15) is 0 Å². The number of nitrogens with one attached hydrogen (secondary N) is 3. The molecule has 23 heavy (non-hydrogen) atoms. The first-order valence-electron chi connectivity index (χ1n) is 7.54. The quantitative estimate of drug-likeness (QED) is 0.694. The lowest BCUT2D eigenvalue weighted by atomic mass is 9.96. The maximum absolute atomic E-state index is 4.19. The van der Waals surface area contributed by atoms with E-state index in [0.717, 1.165) is 28.6 Å². The molecule has 0 fully saturated rings. The standard InChI is InChI=1S/C17H18N6/c1-17(20-12-6-4-3-5-7-12)14-9-8-13(18-2)10-15(14)23-11-19-22-16(23)21-17/h3-11,18,20H,1-2H3,(H,21,22). The van der Waals surface area contributed by atoms with Crippen LogP contribution in [0, 0.1) is 0 Å². The third-order valence-electron chi connectivity index (χ3n) is 4.16. The number of para-hydroxylation sites is 1. The van der Waals surface area contributed by atoms with E-state index in [0.29, 0.717) is 0 Å². The molecule has 1 atom stereocenters. The molecule has 1 aromatic heterocycles. The van der Waals surface area contributed by atoms with Crippen LogP contribution in [0.5, 0.6) is 0 Å². The second-order valence-electron chi connectivity index (χ2n) is 5.75. The smallest absolute Gasteiger partial charge is 0.231 e. The normalized spacial score (nSPS) is 18.5. The van der Waals surface area contributed by atoms with Crippen molar-refractivity contribution in [3.63, 3.8) is 0 Å². The Morgan fingerprint density at radius 3 is 2.70 bits per heavy atom. The van der Waals surface area contributed by atoms with E-state index in [1.54, 1.807) is 6.33 Å². The number of nitrogens with zero attached hydrogens (tertiary/aromatic N) is 3. The predicted molar refractivity (Wildman–Crippen MR) is 91.9 cm³/mol. The van der Waals surface area contributed by atoms with Gasteiger partial charge in [0.2, 0.25) is 5.95 Å². The number of anilines is 3. The van der Waals surface area contributed by atoms with Crippen LogP contribution in [-0.4, -0.2) is 21.8 Å². The highest BCUT2D eigenvalue weighted by atomic mass is 15.4. The maximum atomic E-state index is 4.19. The van der Waals surface area contributed by atoms with Gasteiger partial charge in [-0.2, -0.15) is 0 Å².